The van der Waals surface area contributed by atoms with E-state index in [4.69, 9.17) is 9.47 Å². The molecule has 2 atom stereocenters. The predicted octanol–water partition coefficient (Wildman–Crippen LogP) is 1.68. The summed E-state index contributed by atoms with van der Waals surface area (Å²) in [6.45, 7) is 0.425. The fourth-order valence-corrected chi connectivity index (χ4v) is 3.11. The Hall–Kier alpha value is -3.35. The van der Waals surface area contributed by atoms with Gasteiger partial charge < -0.3 is 14.8 Å². The third kappa shape index (κ3) is 4.08. The van der Waals surface area contributed by atoms with Crippen molar-refractivity contribution in [2.75, 3.05) is 20.8 Å². The van der Waals surface area contributed by atoms with Crippen LogP contribution in [0.25, 0.3) is 0 Å². The lowest BCUT2D eigenvalue weighted by molar-refractivity contribution is -0.133. The minimum absolute atomic E-state index is 0.222. The topological polar surface area (TPSA) is 89.0 Å². The molecular weight excluding hydrogens is 346 g/mol. The summed E-state index contributed by atoms with van der Waals surface area (Å²) in [5.41, 5.74) is 4.05. The molecule has 2 aromatic rings. The Kier molecular flexibility index (Phi) is 5.71. The summed E-state index contributed by atoms with van der Waals surface area (Å²) in [5.74, 6) is -0.554. The molecule has 140 valence electrons. The van der Waals surface area contributed by atoms with Gasteiger partial charge in [-0.15, -0.1) is 0 Å². The largest absolute Gasteiger partial charge is 0.497 e. The average Bonchev–Trinajstić information content (AvgIpc) is 3.10. The van der Waals surface area contributed by atoms with Gasteiger partial charge in [-0.3, -0.25) is 9.59 Å². The van der Waals surface area contributed by atoms with E-state index in [1.165, 1.54) is 6.21 Å². The molecule has 0 unspecified atom stereocenters. The van der Waals surface area contributed by atoms with Crippen molar-refractivity contribution in [3.63, 3.8) is 0 Å². The number of carbonyl (C=O) groups excluding carboxylic acids is 2. The molecule has 0 bridgehead atoms. The van der Waals surface area contributed by atoms with E-state index in [9.17, 15) is 9.59 Å². The Bertz CT molecular complexity index is 852. The molecule has 7 nitrogen and oxygen atoms in total. The monoisotopic (exact) mass is 367 g/mol. The minimum atomic E-state index is -0.822. The summed E-state index contributed by atoms with van der Waals surface area (Å²) in [4.78, 5) is 24.7. The molecule has 3 rings (SSSR count). The number of nitrogens with one attached hydrogen (secondary N) is 2. The molecule has 2 N–H and O–H groups in total. The number of hydrazone groups is 1. The van der Waals surface area contributed by atoms with Crippen molar-refractivity contribution in [2.24, 2.45) is 11.0 Å². The molecule has 1 saturated heterocycles. The van der Waals surface area contributed by atoms with Crippen LogP contribution in [0.2, 0.25) is 0 Å². The quantitative estimate of drug-likeness (QED) is 0.462. The highest BCUT2D eigenvalue weighted by atomic mass is 16.5. The third-order valence-electron chi connectivity index (χ3n) is 4.51. The van der Waals surface area contributed by atoms with Gasteiger partial charge in [0.25, 0.3) is 5.91 Å². The van der Waals surface area contributed by atoms with Crippen LogP contribution in [0.5, 0.6) is 11.5 Å². The zero-order valence-corrected chi connectivity index (χ0v) is 15.1. The summed E-state index contributed by atoms with van der Waals surface area (Å²) >= 11 is 0. The Morgan fingerprint density at radius 2 is 1.96 bits per heavy atom. The van der Waals surface area contributed by atoms with E-state index in [0.717, 1.165) is 5.56 Å². The van der Waals surface area contributed by atoms with E-state index in [1.807, 2.05) is 30.3 Å². The van der Waals surface area contributed by atoms with Gasteiger partial charge in [-0.2, -0.15) is 5.10 Å². The smallest absolute Gasteiger partial charge is 0.253 e. The Balaban J connectivity index is 1.73. The van der Waals surface area contributed by atoms with Crippen LogP contribution in [0.1, 0.15) is 17.0 Å². The third-order valence-corrected chi connectivity index (χ3v) is 4.51. The Morgan fingerprint density at radius 3 is 2.67 bits per heavy atom. The molecule has 0 aliphatic carbocycles. The number of methoxy groups -OCH3 is 2. The van der Waals surface area contributed by atoms with Crippen molar-refractivity contribution in [1.82, 2.24) is 10.7 Å². The predicted molar refractivity (Wildman–Crippen MR) is 101 cm³/mol. The van der Waals surface area contributed by atoms with Crippen molar-refractivity contribution in [3.05, 3.63) is 59.7 Å². The number of hydrogen-bond donors (Lipinski definition) is 2. The van der Waals surface area contributed by atoms with Crippen molar-refractivity contribution in [2.45, 2.75) is 5.92 Å². The van der Waals surface area contributed by atoms with E-state index in [1.54, 1.807) is 32.4 Å². The summed E-state index contributed by atoms with van der Waals surface area (Å²) < 4.78 is 10.5. The fourth-order valence-electron chi connectivity index (χ4n) is 3.11. The summed E-state index contributed by atoms with van der Waals surface area (Å²) in [6, 6.07) is 14.8. The number of hydrogen-bond acceptors (Lipinski definition) is 5. The van der Waals surface area contributed by atoms with Crippen LogP contribution in [-0.2, 0) is 9.59 Å². The molecule has 7 heteroatoms. The second kappa shape index (κ2) is 8.35. The SMILES string of the molecule is COc1ccc(OC)c(/C=N\NC(=O)[C@@H]2C(=O)NC[C@@H]2c2ccccc2)c1. The lowest BCUT2D eigenvalue weighted by Crippen LogP contribution is -2.34. The maximum absolute atomic E-state index is 12.6. The van der Waals surface area contributed by atoms with E-state index >= 15 is 0 Å². The number of amides is 2. The van der Waals surface area contributed by atoms with Crippen LogP contribution in [0.3, 0.4) is 0 Å². The highest BCUT2D eigenvalue weighted by Crippen LogP contribution is 2.29. The fraction of sp³-hybridized carbons (Fsp3) is 0.250. The van der Waals surface area contributed by atoms with Crippen molar-refractivity contribution in [3.8, 4) is 11.5 Å². The average molecular weight is 367 g/mol. The van der Waals surface area contributed by atoms with E-state index in [-0.39, 0.29) is 11.8 Å². The highest BCUT2D eigenvalue weighted by Gasteiger charge is 2.40. The van der Waals surface area contributed by atoms with Gasteiger partial charge in [-0.25, -0.2) is 5.43 Å². The van der Waals surface area contributed by atoms with Gasteiger partial charge in [0.05, 0.1) is 20.4 Å². The number of ether oxygens (including phenoxy) is 2. The molecule has 0 spiro atoms. The number of benzene rings is 2. The van der Waals surface area contributed by atoms with Crippen LogP contribution >= 0.6 is 0 Å². The minimum Gasteiger partial charge on any atom is -0.497 e. The first-order chi connectivity index (χ1) is 13.1. The van der Waals surface area contributed by atoms with Gasteiger partial charge in [0.1, 0.15) is 17.4 Å². The maximum Gasteiger partial charge on any atom is 0.253 e. The van der Waals surface area contributed by atoms with E-state index < -0.39 is 11.8 Å². The standard InChI is InChI=1S/C20H21N3O4/c1-26-15-8-9-17(27-2)14(10-15)11-22-23-20(25)18-16(12-21-19(18)24)13-6-4-3-5-7-13/h3-11,16,18H,12H2,1-2H3,(H,21,24)(H,23,25)/b22-11-/t16-,18+/m1/s1. The van der Waals surface area contributed by atoms with Gasteiger partial charge in [0.2, 0.25) is 5.91 Å². The summed E-state index contributed by atoms with van der Waals surface area (Å²) in [5, 5.41) is 6.74. The molecule has 0 aromatic heterocycles. The molecule has 1 aliphatic rings. The summed E-state index contributed by atoms with van der Waals surface area (Å²) in [7, 11) is 3.11. The first kappa shape index (κ1) is 18.4. The Labute approximate surface area is 157 Å². The van der Waals surface area contributed by atoms with Crippen molar-refractivity contribution in [1.29, 1.82) is 0 Å². The summed E-state index contributed by atoms with van der Waals surface area (Å²) in [6.07, 6.45) is 1.46. The van der Waals surface area contributed by atoms with Gasteiger partial charge in [-0.1, -0.05) is 30.3 Å². The van der Waals surface area contributed by atoms with Crippen LogP contribution in [0.4, 0.5) is 0 Å². The first-order valence-electron chi connectivity index (χ1n) is 8.51. The second-order valence-corrected chi connectivity index (χ2v) is 6.08. The van der Waals surface area contributed by atoms with Crippen LogP contribution in [0.15, 0.2) is 53.6 Å². The van der Waals surface area contributed by atoms with Crippen molar-refractivity contribution < 1.29 is 19.1 Å². The first-order valence-corrected chi connectivity index (χ1v) is 8.51. The molecule has 1 aliphatic heterocycles. The lowest BCUT2D eigenvalue weighted by atomic mass is 9.88. The zero-order valence-electron chi connectivity index (χ0n) is 15.1. The van der Waals surface area contributed by atoms with E-state index in [2.05, 4.69) is 15.8 Å². The lowest BCUT2D eigenvalue weighted by Gasteiger charge is -2.15. The number of carbonyl (C=O) groups is 2. The molecule has 2 amide bonds. The number of rotatable bonds is 6. The molecule has 0 radical (unpaired) electrons. The normalized spacial score (nSPS) is 19.0. The highest BCUT2D eigenvalue weighted by molar-refractivity contribution is 6.03. The van der Waals surface area contributed by atoms with Crippen LogP contribution < -0.4 is 20.2 Å². The molecule has 1 heterocycles. The van der Waals surface area contributed by atoms with Crippen LogP contribution in [-0.4, -0.2) is 38.8 Å². The molecule has 0 saturated carbocycles. The molecule has 1 fully saturated rings. The number of nitrogens with zero attached hydrogens (tertiary/aromatic N) is 1. The molecule has 27 heavy (non-hydrogen) atoms. The van der Waals surface area contributed by atoms with E-state index in [0.29, 0.717) is 23.6 Å². The van der Waals surface area contributed by atoms with Gasteiger partial charge in [0, 0.05) is 18.0 Å². The van der Waals surface area contributed by atoms with Crippen molar-refractivity contribution >= 4 is 18.0 Å². The maximum atomic E-state index is 12.6. The molecule has 2 aromatic carbocycles. The van der Waals surface area contributed by atoms with Gasteiger partial charge >= 0.3 is 0 Å². The van der Waals surface area contributed by atoms with Crippen LogP contribution in [0, 0.1) is 5.92 Å². The Morgan fingerprint density at radius 1 is 1.19 bits per heavy atom. The van der Waals surface area contributed by atoms with Gasteiger partial charge in [0.15, 0.2) is 0 Å². The van der Waals surface area contributed by atoms with Gasteiger partial charge in [-0.05, 0) is 23.8 Å². The zero-order chi connectivity index (χ0) is 19.2. The second-order valence-electron chi connectivity index (χ2n) is 6.08. The molecular formula is C20H21N3O4.